The lowest BCUT2D eigenvalue weighted by Gasteiger charge is -2.36. The number of amides is 1. The zero-order valence-corrected chi connectivity index (χ0v) is 12.7. The number of carbonyl (C=O) groups excluding carboxylic acids is 1. The van der Waals surface area contributed by atoms with Gasteiger partial charge in [0.05, 0.1) is 12.6 Å². The molecule has 0 aliphatic carbocycles. The van der Waals surface area contributed by atoms with Crippen LogP contribution in [0.3, 0.4) is 0 Å². The van der Waals surface area contributed by atoms with Gasteiger partial charge in [-0.05, 0) is 46.1 Å². The summed E-state index contributed by atoms with van der Waals surface area (Å²) >= 11 is 0. The Morgan fingerprint density at radius 1 is 1.42 bits per heavy atom. The van der Waals surface area contributed by atoms with Gasteiger partial charge in [-0.15, -0.1) is 0 Å². The molecule has 1 heterocycles. The van der Waals surface area contributed by atoms with E-state index in [1.165, 1.54) is 6.42 Å². The van der Waals surface area contributed by atoms with Gasteiger partial charge in [0, 0.05) is 12.1 Å². The highest BCUT2D eigenvalue weighted by molar-refractivity contribution is 5.78. The van der Waals surface area contributed by atoms with Gasteiger partial charge in [-0.3, -0.25) is 9.69 Å². The molecule has 0 aromatic carbocycles. The summed E-state index contributed by atoms with van der Waals surface area (Å²) in [4.78, 5) is 14.3. The zero-order valence-electron chi connectivity index (χ0n) is 12.7. The van der Waals surface area contributed by atoms with Crippen molar-refractivity contribution in [3.8, 4) is 0 Å². The second kappa shape index (κ2) is 8.54. The first kappa shape index (κ1) is 16.4. The van der Waals surface area contributed by atoms with Crippen LogP contribution in [0.1, 0.15) is 59.3 Å². The highest BCUT2D eigenvalue weighted by atomic mass is 16.3. The normalized spacial score (nSPS) is 23.9. The predicted molar refractivity (Wildman–Crippen MR) is 78.0 cm³/mol. The standard InChI is InChI=1S/C15H30N2O2/c1-4-7-12(2)16-15(19)11-17-9-6-5-8-14(17)10-13(3)18/h12-14,18H,4-11H2,1-3H3,(H,16,19). The van der Waals surface area contributed by atoms with Gasteiger partial charge in [-0.25, -0.2) is 0 Å². The zero-order chi connectivity index (χ0) is 14.3. The predicted octanol–water partition coefficient (Wildman–Crippen LogP) is 1.92. The third kappa shape index (κ3) is 6.39. The van der Waals surface area contributed by atoms with Gasteiger partial charge in [0.25, 0.3) is 0 Å². The molecule has 1 saturated heterocycles. The molecule has 112 valence electrons. The van der Waals surface area contributed by atoms with Crippen molar-refractivity contribution in [3.63, 3.8) is 0 Å². The summed E-state index contributed by atoms with van der Waals surface area (Å²) in [6.45, 7) is 7.48. The smallest absolute Gasteiger partial charge is 0.234 e. The van der Waals surface area contributed by atoms with Crippen LogP contribution in [0, 0.1) is 0 Å². The Morgan fingerprint density at radius 2 is 2.16 bits per heavy atom. The van der Waals surface area contributed by atoms with E-state index in [9.17, 15) is 9.90 Å². The number of hydrogen-bond acceptors (Lipinski definition) is 3. The third-order valence-electron chi connectivity index (χ3n) is 3.84. The molecule has 0 saturated carbocycles. The van der Waals surface area contributed by atoms with Gasteiger partial charge in [-0.1, -0.05) is 19.8 Å². The van der Waals surface area contributed by atoms with Crippen LogP contribution in [-0.2, 0) is 4.79 Å². The monoisotopic (exact) mass is 270 g/mol. The molecule has 4 heteroatoms. The molecule has 1 rings (SSSR count). The van der Waals surface area contributed by atoms with Gasteiger partial charge >= 0.3 is 0 Å². The van der Waals surface area contributed by atoms with Crippen molar-refractivity contribution in [1.82, 2.24) is 10.2 Å². The molecule has 4 nitrogen and oxygen atoms in total. The molecule has 3 atom stereocenters. The molecule has 1 aliphatic heterocycles. The minimum Gasteiger partial charge on any atom is -0.393 e. The Bertz CT molecular complexity index is 269. The maximum absolute atomic E-state index is 12.0. The lowest BCUT2D eigenvalue weighted by atomic mass is 9.97. The molecule has 0 aromatic heterocycles. The summed E-state index contributed by atoms with van der Waals surface area (Å²) < 4.78 is 0. The van der Waals surface area contributed by atoms with Crippen molar-refractivity contribution >= 4 is 5.91 Å². The van der Waals surface area contributed by atoms with Gasteiger partial charge in [0.2, 0.25) is 5.91 Å². The van der Waals surface area contributed by atoms with E-state index in [4.69, 9.17) is 0 Å². The molecule has 19 heavy (non-hydrogen) atoms. The Labute approximate surface area is 117 Å². The lowest BCUT2D eigenvalue weighted by Crippen LogP contribution is -2.47. The van der Waals surface area contributed by atoms with E-state index in [1.54, 1.807) is 0 Å². The van der Waals surface area contributed by atoms with E-state index < -0.39 is 0 Å². The molecular formula is C15H30N2O2. The summed E-state index contributed by atoms with van der Waals surface area (Å²) in [5, 5.41) is 12.6. The van der Waals surface area contributed by atoms with Gasteiger partial charge in [-0.2, -0.15) is 0 Å². The molecule has 1 aliphatic rings. The Hall–Kier alpha value is -0.610. The third-order valence-corrected chi connectivity index (χ3v) is 3.84. The molecule has 0 spiro atoms. The molecule has 0 radical (unpaired) electrons. The first-order chi connectivity index (χ1) is 9.02. The Morgan fingerprint density at radius 3 is 2.79 bits per heavy atom. The number of hydrogen-bond donors (Lipinski definition) is 2. The first-order valence-electron chi connectivity index (χ1n) is 7.74. The van der Waals surface area contributed by atoms with Crippen LogP contribution in [0.25, 0.3) is 0 Å². The average molecular weight is 270 g/mol. The van der Waals surface area contributed by atoms with Crippen molar-refractivity contribution in [2.75, 3.05) is 13.1 Å². The second-order valence-corrected chi connectivity index (χ2v) is 5.96. The van der Waals surface area contributed by atoms with Crippen molar-refractivity contribution in [3.05, 3.63) is 0 Å². The van der Waals surface area contributed by atoms with Crippen LogP contribution >= 0.6 is 0 Å². The van der Waals surface area contributed by atoms with Crippen LogP contribution in [-0.4, -0.2) is 47.2 Å². The average Bonchev–Trinajstić information content (AvgIpc) is 2.31. The van der Waals surface area contributed by atoms with Crippen molar-refractivity contribution < 1.29 is 9.90 Å². The van der Waals surface area contributed by atoms with E-state index in [2.05, 4.69) is 24.1 Å². The Balaban J connectivity index is 2.41. The largest absolute Gasteiger partial charge is 0.393 e. The fourth-order valence-electron chi connectivity index (χ4n) is 2.94. The summed E-state index contributed by atoms with van der Waals surface area (Å²) in [5.74, 6) is 0.124. The van der Waals surface area contributed by atoms with Crippen LogP contribution in [0.4, 0.5) is 0 Å². The van der Waals surface area contributed by atoms with E-state index in [0.29, 0.717) is 12.6 Å². The van der Waals surface area contributed by atoms with Crippen LogP contribution in [0.2, 0.25) is 0 Å². The van der Waals surface area contributed by atoms with Gasteiger partial charge < -0.3 is 10.4 Å². The maximum Gasteiger partial charge on any atom is 0.234 e. The number of piperidine rings is 1. The van der Waals surface area contributed by atoms with E-state index in [1.807, 2.05) is 6.92 Å². The number of aliphatic hydroxyl groups is 1. The summed E-state index contributed by atoms with van der Waals surface area (Å²) in [6, 6.07) is 0.624. The number of aliphatic hydroxyl groups excluding tert-OH is 1. The fourth-order valence-corrected chi connectivity index (χ4v) is 2.94. The molecule has 1 fully saturated rings. The topological polar surface area (TPSA) is 52.6 Å². The van der Waals surface area contributed by atoms with Crippen LogP contribution in [0.15, 0.2) is 0 Å². The summed E-state index contributed by atoms with van der Waals surface area (Å²) in [5.41, 5.74) is 0. The molecular weight excluding hydrogens is 240 g/mol. The van der Waals surface area contributed by atoms with Crippen LogP contribution < -0.4 is 5.32 Å². The molecule has 1 amide bonds. The minimum atomic E-state index is -0.285. The van der Waals surface area contributed by atoms with Crippen molar-refractivity contribution in [2.24, 2.45) is 0 Å². The first-order valence-corrected chi connectivity index (χ1v) is 7.74. The second-order valence-electron chi connectivity index (χ2n) is 5.96. The molecule has 2 N–H and O–H groups in total. The van der Waals surface area contributed by atoms with E-state index >= 15 is 0 Å². The molecule has 0 bridgehead atoms. The van der Waals surface area contributed by atoms with Gasteiger partial charge in [0.15, 0.2) is 0 Å². The minimum absolute atomic E-state index is 0.124. The quantitative estimate of drug-likeness (QED) is 0.743. The number of carbonyl (C=O) groups is 1. The SMILES string of the molecule is CCCC(C)NC(=O)CN1CCCCC1CC(C)O. The van der Waals surface area contributed by atoms with E-state index in [-0.39, 0.29) is 18.1 Å². The summed E-state index contributed by atoms with van der Waals surface area (Å²) in [6.07, 6.45) is 6.09. The lowest BCUT2D eigenvalue weighted by molar-refractivity contribution is -0.124. The number of rotatable bonds is 7. The summed E-state index contributed by atoms with van der Waals surface area (Å²) in [7, 11) is 0. The van der Waals surface area contributed by atoms with Crippen molar-refractivity contribution in [1.29, 1.82) is 0 Å². The molecule has 0 aromatic rings. The number of likely N-dealkylation sites (tertiary alicyclic amines) is 1. The maximum atomic E-state index is 12.0. The fraction of sp³-hybridized carbons (Fsp3) is 0.933. The van der Waals surface area contributed by atoms with Crippen LogP contribution in [0.5, 0.6) is 0 Å². The molecule has 3 unspecified atom stereocenters. The highest BCUT2D eigenvalue weighted by Gasteiger charge is 2.25. The van der Waals surface area contributed by atoms with Crippen molar-refractivity contribution in [2.45, 2.75) is 77.5 Å². The number of nitrogens with zero attached hydrogens (tertiary/aromatic N) is 1. The highest BCUT2D eigenvalue weighted by Crippen LogP contribution is 2.20. The van der Waals surface area contributed by atoms with Gasteiger partial charge in [0.1, 0.15) is 0 Å². The Kier molecular flexibility index (Phi) is 7.39. The van der Waals surface area contributed by atoms with E-state index in [0.717, 1.165) is 38.6 Å². The number of nitrogens with one attached hydrogen (secondary N) is 1.